The smallest absolute Gasteiger partial charge is 0.326 e. The Morgan fingerprint density at radius 2 is 2.17 bits per heavy atom. The van der Waals surface area contributed by atoms with Gasteiger partial charge in [-0.15, -0.1) is 0 Å². The van der Waals surface area contributed by atoms with E-state index < -0.39 is 12.0 Å². The number of carboxylic acid groups (broad SMARTS) is 1. The number of carbonyl (C=O) groups is 1. The predicted octanol–water partition coefficient (Wildman–Crippen LogP) is 3.53. The third-order valence-corrected chi connectivity index (χ3v) is 4.17. The van der Waals surface area contributed by atoms with Crippen molar-refractivity contribution in [3.63, 3.8) is 0 Å². The maximum atomic E-state index is 11.3. The van der Waals surface area contributed by atoms with E-state index in [1.54, 1.807) is 6.07 Å². The Hall–Kier alpha value is -1.19. The van der Waals surface area contributed by atoms with E-state index in [2.05, 4.69) is 5.32 Å². The molecule has 3 nitrogen and oxygen atoms in total. The Morgan fingerprint density at radius 3 is 2.89 bits per heavy atom. The zero-order valence-corrected chi connectivity index (χ0v) is 10.9. The molecule has 1 aliphatic heterocycles. The molecule has 2 N–H and O–H groups in total. The normalized spacial score (nSPS) is 28.4. The molecule has 1 heterocycles. The summed E-state index contributed by atoms with van der Waals surface area (Å²) in [6.45, 7) is 0. The van der Waals surface area contributed by atoms with Crippen molar-refractivity contribution in [2.45, 2.75) is 18.4 Å². The van der Waals surface area contributed by atoms with Gasteiger partial charge in [-0.3, -0.25) is 0 Å². The van der Waals surface area contributed by atoms with Crippen molar-refractivity contribution in [3.05, 3.63) is 39.9 Å². The van der Waals surface area contributed by atoms with Gasteiger partial charge in [-0.1, -0.05) is 35.4 Å². The molecule has 1 aromatic carbocycles. The van der Waals surface area contributed by atoms with Crippen LogP contribution in [0.4, 0.5) is 5.69 Å². The summed E-state index contributed by atoms with van der Waals surface area (Å²) in [7, 11) is 0. The number of nitrogens with one attached hydrogen (secondary N) is 1. The molecule has 3 rings (SSSR count). The number of aliphatic carboxylic acids is 1. The maximum Gasteiger partial charge on any atom is 0.326 e. The maximum absolute atomic E-state index is 11.3. The molecule has 0 saturated carbocycles. The van der Waals surface area contributed by atoms with Crippen LogP contribution in [0.3, 0.4) is 0 Å². The van der Waals surface area contributed by atoms with Crippen molar-refractivity contribution in [3.8, 4) is 0 Å². The molecular formula is C13H11Cl2NO2. The average molecular weight is 284 g/mol. The lowest BCUT2D eigenvalue weighted by molar-refractivity contribution is -0.139. The van der Waals surface area contributed by atoms with E-state index in [4.69, 9.17) is 23.2 Å². The van der Waals surface area contributed by atoms with Crippen LogP contribution in [-0.4, -0.2) is 17.1 Å². The van der Waals surface area contributed by atoms with Gasteiger partial charge in [-0.25, -0.2) is 4.79 Å². The Balaban J connectivity index is 2.14. The highest BCUT2D eigenvalue weighted by molar-refractivity contribution is 6.36. The molecule has 0 radical (unpaired) electrons. The van der Waals surface area contributed by atoms with Gasteiger partial charge in [0.2, 0.25) is 0 Å². The fourth-order valence-corrected chi connectivity index (χ4v) is 3.43. The first-order chi connectivity index (χ1) is 8.58. The molecule has 0 amide bonds. The molecule has 1 aliphatic carbocycles. The minimum absolute atomic E-state index is 0.0320. The van der Waals surface area contributed by atoms with E-state index in [0.717, 1.165) is 12.0 Å². The van der Waals surface area contributed by atoms with Crippen molar-refractivity contribution in [2.24, 2.45) is 5.92 Å². The molecule has 0 bridgehead atoms. The molecule has 0 aromatic heterocycles. The minimum Gasteiger partial charge on any atom is -0.480 e. The molecule has 0 unspecified atom stereocenters. The molecule has 94 valence electrons. The Labute approximate surface area is 114 Å². The second-order valence-electron chi connectivity index (χ2n) is 4.67. The summed E-state index contributed by atoms with van der Waals surface area (Å²) in [5.41, 5.74) is 1.69. The van der Waals surface area contributed by atoms with Crippen LogP contribution in [0.1, 0.15) is 17.9 Å². The van der Waals surface area contributed by atoms with Gasteiger partial charge in [0.1, 0.15) is 6.04 Å². The largest absolute Gasteiger partial charge is 0.480 e. The molecule has 0 spiro atoms. The van der Waals surface area contributed by atoms with E-state index in [0.29, 0.717) is 15.7 Å². The Kier molecular flexibility index (Phi) is 2.76. The highest BCUT2D eigenvalue weighted by atomic mass is 35.5. The third-order valence-electron chi connectivity index (χ3n) is 3.65. The fraction of sp³-hybridized carbons (Fsp3) is 0.308. The van der Waals surface area contributed by atoms with Crippen molar-refractivity contribution in [1.82, 2.24) is 0 Å². The first kappa shape index (κ1) is 11.9. The molecule has 2 aliphatic rings. The number of hydrogen-bond acceptors (Lipinski definition) is 2. The van der Waals surface area contributed by atoms with Crippen LogP contribution in [0.2, 0.25) is 10.0 Å². The van der Waals surface area contributed by atoms with Gasteiger partial charge >= 0.3 is 5.97 Å². The number of hydrogen-bond donors (Lipinski definition) is 2. The number of fused-ring (bicyclic) bond motifs is 3. The molecule has 0 fully saturated rings. The van der Waals surface area contributed by atoms with E-state index in [1.807, 2.05) is 18.2 Å². The third kappa shape index (κ3) is 1.70. The van der Waals surface area contributed by atoms with E-state index >= 15 is 0 Å². The first-order valence-electron chi connectivity index (χ1n) is 5.73. The Morgan fingerprint density at radius 1 is 1.39 bits per heavy atom. The molecule has 1 aromatic rings. The van der Waals surface area contributed by atoms with Gasteiger partial charge < -0.3 is 10.4 Å². The van der Waals surface area contributed by atoms with Crippen LogP contribution in [0.15, 0.2) is 24.3 Å². The summed E-state index contributed by atoms with van der Waals surface area (Å²) in [4.78, 5) is 11.3. The number of halogens is 2. The molecule has 0 saturated heterocycles. The number of allylic oxidation sites excluding steroid dienone is 2. The summed E-state index contributed by atoms with van der Waals surface area (Å²) in [6, 6.07) is 2.89. The van der Waals surface area contributed by atoms with Crippen molar-refractivity contribution in [2.75, 3.05) is 5.32 Å². The highest BCUT2D eigenvalue weighted by Crippen LogP contribution is 2.47. The van der Waals surface area contributed by atoms with Crippen LogP contribution in [-0.2, 0) is 4.79 Å². The van der Waals surface area contributed by atoms with Crippen LogP contribution in [0.5, 0.6) is 0 Å². The quantitative estimate of drug-likeness (QED) is 0.775. The summed E-state index contributed by atoms with van der Waals surface area (Å²) in [6.07, 6.45) is 4.84. The number of benzene rings is 1. The van der Waals surface area contributed by atoms with Crippen LogP contribution >= 0.6 is 23.2 Å². The molecule has 5 heteroatoms. The SMILES string of the molecule is O=C(O)[C@@H]1Nc2c(Cl)cc(Cl)cc2[C@H]2C=CC[C@@H]21. The zero-order valence-electron chi connectivity index (χ0n) is 9.36. The van der Waals surface area contributed by atoms with Gasteiger partial charge in [0.15, 0.2) is 0 Å². The van der Waals surface area contributed by atoms with E-state index in [9.17, 15) is 9.90 Å². The summed E-state index contributed by atoms with van der Waals surface area (Å²) < 4.78 is 0. The first-order valence-corrected chi connectivity index (χ1v) is 6.48. The standard InChI is InChI=1S/C13H11Cl2NO2/c14-6-4-9-7-2-1-3-8(7)12(13(17)18)16-11(9)10(15)5-6/h1-2,4-5,7-8,12,16H,3H2,(H,17,18)/t7-,8-,12+/m0/s1. The van der Waals surface area contributed by atoms with Crippen molar-refractivity contribution < 1.29 is 9.90 Å². The van der Waals surface area contributed by atoms with Gasteiger partial charge in [-0.05, 0) is 24.1 Å². The van der Waals surface area contributed by atoms with Gasteiger partial charge in [0, 0.05) is 16.9 Å². The second-order valence-corrected chi connectivity index (χ2v) is 5.51. The average Bonchev–Trinajstić information content (AvgIpc) is 2.76. The van der Waals surface area contributed by atoms with E-state index in [-0.39, 0.29) is 11.8 Å². The number of anilines is 1. The summed E-state index contributed by atoms with van der Waals surface area (Å²) >= 11 is 12.2. The van der Waals surface area contributed by atoms with Crippen molar-refractivity contribution >= 4 is 34.9 Å². The van der Waals surface area contributed by atoms with Gasteiger partial charge in [0.25, 0.3) is 0 Å². The van der Waals surface area contributed by atoms with Gasteiger partial charge in [-0.2, -0.15) is 0 Å². The summed E-state index contributed by atoms with van der Waals surface area (Å²) in [5.74, 6) is -0.728. The zero-order chi connectivity index (χ0) is 12.9. The lowest BCUT2D eigenvalue weighted by Gasteiger charge is -2.35. The van der Waals surface area contributed by atoms with Gasteiger partial charge in [0.05, 0.1) is 10.7 Å². The minimum atomic E-state index is -0.842. The highest BCUT2D eigenvalue weighted by Gasteiger charge is 2.41. The lowest BCUT2D eigenvalue weighted by atomic mass is 9.79. The monoisotopic (exact) mass is 283 g/mol. The molecular weight excluding hydrogens is 273 g/mol. The molecule has 3 atom stereocenters. The van der Waals surface area contributed by atoms with Crippen molar-refractivity contribution in [1.29, 1.82) is 0 Å². The topological polar surface area (TPSA) is 49.3 Å². The molecule has 18 heavy (non-hydrogen) atoms. The second kappa shape index (κ2) is 4.18. The number of carboxylic acids is 1. The predicted molar refractivity (Wildman–Crippen MR) is 71.5 cm³/mol. The van der Waals surface area contributed by atoms with E-state index in [1.165, 1.54) is 0 Å². The summed E-state index contributed by atoms with van der Waals surface area (Å²) in [5, 5.41) is 13.4. The number of rotatable bonds is 1. The Bertz CT molecular complexity index is 556. The van der Waals surface area contributed by atoms with Crippen LogP contribution in [0.25, 0.3) is 0 Å². The fourth-order valence-electron chi connectivity index (χ4n) is 2.87. The van der Waals surface area contributed by atoms with Crippen LogP contribution < -0.4 is 5.32 Å². The van der Waals surface area contributed by atoms with Crippen LogP contribution in [0, 0.1) is 5.92 Å². The lowest BCUT2D eigenvalue weighted by Crippen LogP contribution is -2.41.